The summed E-state index contributed by atoms with van der Waals surface area (Å²) in [7, 11) is 0. The SMILES string of the molecule is O=C(Nc1ccc(-c2ccc(N3CCCCC3)nn2)cc1)c1ccc2nc[nH]c2c1. The van der Waals surface area contributed by atoms with E-state index < -0.39 is 0 Å². The highest BCUT2D eigenvalue weighted by molar-refractivity contribution is 6.06. The monoisotopic (exact) mass is 398 g/mol. The predicted octanol–water partition coefficient (Wildman–Crippen LogP) is 4.26. The summed E-state index contributed by atoms with van der Waals surface area (Å²) in [6.07, 6.45) is 5.34. The summed E-state index contributed by atoms with van der Waals surface area (Å²) >= 11 is 0. The number of nitrogens with one attached hydrogen (secondary N) is 2. The molecular formula is C23H22N6O. The fourth-order valence-corrected chi connectivity index (χ4v) is 3.78. The van der Waals surface area contributed by atoms with Crippen molar-refractivity contribution < 1.29 is 4.79 Å². The third-order valence-electron chi connectivity index (χ3n) is 5.45. The standard InChI is InChI=1S/C23H22N6O/c30-23(17-6-9-20-21(14-17)25-15-24-20)26-18-7-4-16(5-8-18)19-10-11-22(28-27-19)29-12-2-1-3-13-29/h4-11,14-15H,1-3,12-13H2,(H,24,25)(H,26,30). The third-order valence-corrected chi connectivity index (χ3v) is 5.45. The Morgan fingerprint density at radius 1 is 0.933 bits per heavy atom. The molecule has 2 aromatic carbocycles. The smallest absolute Gasteiger partial charge is 0.255 e. The van der Waals surface area contributed by atoms with Crippen LogP contribution in [0.1, 0.15) is 29.6 Å². The number of piperidine rings is 1. The highest BCUT2D eigenvalue weighted by Gasteiger charge is 2.13. The van der Waals surface area contributed by atoms with Crippen molar-refractivity contribution in [3.8, 4) is 11.3 Å². The van der Waals surface area contributed by atoms with E-state index in [-0.39, 0.29) is 5.91 Å². The molecule has 2 aromatic heterocycles. The van der Waals surface area contributed by atoms with Gasteiger partial charge in [0, 0.05) is 29.9 Å². The van der Waals surface area contributed by atoms with Gasteiger partial charge in [-0.1, -0.05) is 12.1 Å². The normalized spacial score (nSPS) is 14.1. The van der Waals surface area contributed by atoms with Gasteiger partial charge in [-0.25, -0.2) is 4.98 Å². The van der Waals surface area contributed by atoms with Gasteiger partial charge in [0.15, 0.2) is 5.82 Å². The second kappa shape index (κ2) is 7.94. The molecule has 4 aromatic rings. The lowest BCUT2D eigenvalue weighted by Gasteiger charge is -2.27. The minimum atomic E-state index is -0.162. The zero-order valence-electron chi connectivity index (χ0n) is 16.5. The van der Waals surface area contributed by atoms with Crippen LogP contribution >= 0.6 is 0 Å². The summed E-state index contributed by atoms with van der Waals surface area (Å²) in [5.41, 5.74) is 4.76. The Morgan fingerprint density at radius 2 is 1.77 bits per heavy atom. The Kier molecular flexibility index (Phi) is 4.85. The van der Waals surface area contributed by atoms with E-state index in [2.05, 4.69) is 30.4 Å². The van der Waals surface area contributed by atoms with E-state index in [1.165, 1.54) is 19.3 Å². The zero-order chi connectivity index (χ0) is 20.3. The van der Waals surface area contributed by atoms with Crippen molar-refractivity contribution in [1.29, 1.82) is 0 Å². The molecular weight excluding hydrogens is 376 g/mol. The van der Waals surface area contributed by atoms with Gasteiger partial charge in [0.1, 0.15) is 0 Å². The number of anilines is 2. The fourth-order valence-electron chi connectivity index (χ4n) is 3.78. The maximum atomic E-state index is 12.5. The molecule has 1 aliphatic heterocycles. The molecule has 2 N–H and O–H groups in total. The van der Waals surface area contributed by atoms with Crippen LogP contribution in [0.15, 0.2) is 60.9 Å². The Hall–Kier alpha value is -3.74. The summed E-state index contributed by atoms with van der Waals surface area (Å²) in [5.74, 6) is 0.779. The van der Waals surface area contributed by atoms with E-state index in [9.17, 15) is 4.79 Å². The Bertz CT molecular complexity index is 1160. The van der Waals surface area contributed by atoms with Crippen LogP contribution in [-0.2, 0) is 0 Å². The summed E-state index contributed by atoms with van der Waals surface area (Å²) in [5, 5.41) is 11.7. The molecule has 1 aliphatic rings. The number of carbonyl (C=O) groups excluding carboxylic acids is 1. The predicted molar refractivity (Wildman–Crippen MR) is 118 cm³/mol. The number of hydrogen-bond donors (Lipinski definition) is 2. The van der Waals surface area contributed by atoms with Gasteiger partial charge in [-0.05, 0) is 61.7 Å². The zero-order valence-corrected chi connectivity index (χ0v) is 16.5. The molecule has 0 saturated carbocycles. The van der Waals surface area contributed by atoms with Gasteiger partial charge >= 0.3 is 0 Å². The van der Waals surface area contributed by atoms with Crippen LogP contribution in [0.2, 0.25) is 0 Å². The van der Waals surface area contributed by atoms with E-state index in [1.807, 2.05) is 42.5 Å². The van der Waals surface area contributed by atoms with E-state index in [1.54, 1.807) is 18.5 Å². The number of fused-ring (bicyclic) bond motifs is 1. The van der Waals surface area contributed by atoms with Gasteiger partial charge in [-0.15, -0.1) is 10.2 Å². The molecule has 3 heterocycles. The number of rotatable bonds is 4. The number of carbonyl (C=O) groups is 1. The quantitative estimate of drug-likeness (QED) is 0.536. The second-order valence-electron chi connectivity index (χ2n) is 7.49. The molecule has 0 bridgehead atoms. The van der Waals surface area contributed by atoms with Crippen LogP contribution in [0.4, 0.5) is 11.5 Å². The minimum Gasteiger partial charge on any atom is -0.355 e. The number of hydrogen-bond acceptors (Lipinski definition) is 5. The van der Waals surface area contributed by atoms with Crippen molar-refractivity contribution in [3.63, 3.8) is 0 Å². The number of H-pyrrole nitrogens is 1. The summed E-state index contributed by atoms with van der Waals surface area (Å²) in [6.45, 7) is 2.10. The lowest BCUT2D eigenvalue weighted by atomic mass is 10.1. The lowest BCUT2D eigenvalue weighted by Crippen LogP contribution is -2.30. The summed E-state index contributed by atoms with van der Waals surface area (Å²) in [6, 6.07) is 17.1. The third kappa shape index (κ3) is 3.74. The molecule has 0 aliphatic carbocycles. The highest BCUT2D eigenvalue weighted by atomic mass is 16.1. The summed E-state index contributed by atoms with van der Waals surface area (Å²) < 4.78 is 0. The summed E-state index contributed by atoms with van der Waals surface area (Å²) in [4.78, 5) is 22.0. The topological polar surface area (TPSA) is 86.8 Å². The molecule has 7 heteroatoms. The average molecular weight is 398 g/mol. The first-order chi connectivity index (χ1) is 14.8. The first kappa shape index (κ1) is 18.3. The molecule has 1 fully saturated rings. The molecule has 150 valence electrons. The molecule has 5 rings (SSSR count). The molecule has 1 saturated heterocycles. The fraction of sp³-hybridized carbons (Fsp3) is 0.217. The average Bonchev–Trinajstić information content (AvgIpc) is 3.28. The molecule has 0 radical (unpaired) electrons. The number of aromatic nitrogens is 4. The molecule has 1 amide bonds. The van der Waals surface area contributed by atoms with Crippen LogP contribution in [-0.4, -0.2) is 39.2 Å². The molecule has 7 nitrogen and oxygen atoms in total. The Labute approximate surface area is 174 Å². The van der Waals surface area contributed by atoms with Gasteiger partial charge in [0.05, 0.1) is 23.1 Å². The maximum Gasteiger partial charge on any atom is 0.255 e. The number of imidazole rings is 1. The molecule has 30 heavy (non-hydrogen) atoms. The van der Waals surface area contributed by atoms with E-state index in [4.69, 9.17) is 0 Å². The molecule has 0 spiro atoms. The Morgan fingerprint density at radius 3 is 2.53 bits per heavy atom. The lowest BCUT2D eigenvalue weighted by molar-refractivity contribution is 0.102. The van der Waals surface area contributed by atoms with Gasteiger partial charge < -0.3 is 15.2 Å². The second-order valence-corrected chi connectivity index (χ2v) is 7.49. The first-order valence-corrected chi connectivity index (χ1v) is 10.2. The van der Waals surface area contributed by atoms with Crippen molar-refractivity contribution in [3.05, 3.63) is 66.5 Å². The van der Waals surface area contributed by atoms with Crippen molar-refractivity contribution in [2.24, 2.45) is 0 Å². The van der Waals surface area contributed by atoms with Crippen LogP contribution < -0.4 is 10.2 Å². The largest absolute Gasteiger partial charge is 0.355 e. The van der Waals surface area contributed by atoms with Gasteiger partial charge in [0.2, 0.25) is 0 Å². The van der Waals surface area contributed by atoms with E-state index in [0.29, 0.717) is 5.56 Å². The van der Waals surface area contributed by atoms with Crippen LogP contribution in [0, 0.1) is 0 Å². The first-order valence-electron chi connectivity index (χ1n) is 10.2. The van der Waals surface area contributed by atoms with Crippen molar-refractivity contribution >= 4 is 28.4 Å². The van der Waals surface area contributed by atoms with E-state index >= 15 is 0 Å². The van der Waals surface area contributed by atoms with Crippen molar-refractivity contribution in [1.82, 2.24) is 20.2 Å². The number of benzene rings is 2. The minimum absolute atomic E-state index is 0.162. The van der Waals surface area contributed by atoms with E-state index in [0.717, 1.165) is 46.9 Å². The molecule has 0 atom stereocenters. The highest BCUT2D eigenvalue weighted by Crippen LogP contribution is 2.23. The van der Waals surface area contributed by atoms with Gasteiger partial charge in [-0.3, -0.25) is 4.79 Å². The van der Waals surface area contributed by atoms with Gasteiger partial charge in [-0.2, -0.15) is 0 Å². The number of nitrogens with zero attached hydrogens (tertiary/aromatic N) is 4. The maximum absolute atomic E-state index is 12.5. The Balaban J connectivity index is 1.27. The number of aromatic amines is 1. The van der Waals surface area contributed by atoms with Crippen molar-refractivity contribution in [2.75, 3.05) is 23.3 Å². The van der Waals surface area contributed by atoms with Crippen LogP contribution in [0.5, 0.6) is 0 Å². The number of amides is 1. The van der Waals surface area contributed by atoms with Crippen molar-refractivity contribution in [2.45, 2.75) is 19.3 Å². The van der Waals surface area contributed by atoms with Gasteiger partial charge in [0.25, 0.3) is 5.91 Å². The van der Waals surface area contributed by atoms with Crippen LogP contribution in [0.25, 0.3) is 22.3 Å². The molecule has 0 unspecified atom stereocenters. The van der Waals surface area contributed by atoms with Crippen LogP contribution in [0.3, 0.4) is 0 Å².